The van der Waals surface area contributed by atoms with Crippen molar-refractivity contribution in [2.75, 3.05) is 5.73 Å². The predicted octanol–water partition coefficient (Wildman–Crippen LogP) is -3.05. The van der Waals surface area contributed by atoms with E-state index in [1.54, 1.807) is 6.92 Å². The summed E-state index contributed by atoms with van der Waals surface area (Å²) in [4.78, 5) is -0.379. The Morgan fingerprint density at radius 2 is 1.94 bits per heavy atom. The van der Waals surface area contributed by atoms with Gasteiger partial charge in [0.25, 0.3) is 0 Å². The van der Waals surface area contributed by atoms with Crippen LogP contribution in [0, 0.1) is 18.3 Å². The molecule has 0 aliphatic rings. The molecule has 0 atom stereocenters. The summed E-state index contributed by atoms with van der Waals surface area (Å²) in [6.07, 6.45) is 0. The quantitative estimate of drug-likeness (QED) is 0.0756. The van der Waals surface area contributed by atoms with E-state index in [1.165, 1.54) is 6.07 Å². The van der Waals surface area contributed by atoms with Crippen molar-refractivity contribution >= 4 is 50.2 Å². The standard InChI is InChI=1S/C18H19N7O6S3.2Na/c1-9-11(8-19)17(32-24-9)22-21-14-15(18(2,3)4)23-25(16(14)20)12-7-10(34(27,28)29)5-6-13(12)33-31-30-26;;/h5-7,26H,20H2,1-4H3,(H,27,28,29);;/q;2*+1/p-2. The van der Waals surface area contributed by atoms with Crippen LogP contribution in [0.4, 0.5) is 16.5 Å². The Kier molecular flexibility index (Phi) is 12.2. The third-order valence-electron chi connectivity index (χ3n) is 4.40. The first-order valence-electron chi connectivity index (χ1n) is 9.29. The Morgan fingerprint density at radius 3 is 2.50 bits per heavy atom. The number of aromatic nitrogens is 3. The van der Waals surface area contributed by atoms with Crippen molar-refractivity contribution in [2.45, 2.75) is 42.9 Å². The van der Waals surface area contributed by atoms with Crippen LogP contribution in [0.25, 0.3) is 5.69 Å². The molecule has 0 amide bonds. The number of hydrogen-bond acceptors (Lipinski definition) is 14. The molecule has 0 bridgehead atoms. The Hall–Kier alpha value is -0.910. The number of nitrogens with two attached hydrogens (primary N) is 1. The number of rotatable bonds is 7. The van der Waals surface area contributed by atoms with Crippen LogP contribution >= 0.6 is 23.6 Å². The van der Waals surface area contributed by atoms with E-state index in [0.29, 0.717) is 23.4 Å². The Morgan fingerprint density at radius 1 is 1.28 bits per heavy atom. The first-order chi connectivity index (χ1) is 15.9. The van der Waals surface area contributed by atoms with Crippen LogP contribution in [0.15, 0.2) is 38.2 Å². The van der Waals surface area contributed by atoms with Crippen LogP contribution in [-0.4, -0.2) is 27.1 Å². The minimum Gasteiger partial charge on any atom is -0.744 e. The van der Waals surface area contributed by atoms with Crippen LogP contribution in [0.3, 0.4) is 0 Å². The zero-order chi connectivity index (χ0) is 25.3. The van der Waals surface area contributed by atoms with E-state index in [9.17, 15) is 23.5 Å². The van der Waals surface area contributed by atoms with E-state index in [4.69, 9.17) is 5.73 Å². The molecule has 0 aliphatic heterocycles. The van der Waals surface area contributed by atoms with Gasteiger partial charge in [0.05, 0.1) is 38.9 Å². The molecule has 0 aliphatic carbocycles. The molecule has 0 saturated carbocycles. The number of nitrogens with zero attached hydrogens (tertiary/aromatic N) is 6. The molecule has 13 nitrogen and oxygen atoms in total. The van der Waals surface area contributed by atoms with Crippen molar-refractivity contribution in [3.05, 3.63) is 35.2 Å². The summed E-state index contributed by atoms with van der Waals surface area (Å²) in [5.41, 5.74) is 7.09. The SMILES string of the molecule is Cc1nsc(N=Nc2c(C(C)(C)C)nn(-c3cc(S(=O)(=O)[O-])ccc3SOO[O-])c2N)c1C#N.[Na+].[Na+]. The maximum absolute atomic E-state index is 11.6. The van der Waals surface area contributed by atoms with E-state index < -0.39 is 20.4 Å². The van der Waals surface area contributed by atoms with Crippen molar-refractivity contribution in [2.24, 2.45) is 10.2 Å². The second-order valence-corrected chi connectivity index (χ2v) is 10.7. The van der Waals surface area contributed by atoms with Crippen LogP contribution in [0.1, 0.15) is 37.7 Å². The summed E-state index contributed by atoms with van der Waals surface area (Å²) >= 11 is 1.46. The number of benzene rings is 1. The molecule has 0 spiro atoms. The molecule has 2 N–H and O–H groups in total. The molecule has 36 heavy (non-hydrogen) atoms. The van der Waals surface area contributed by atoms with Crippen molar-refractivity contribution in [3.8, 4) is 11.8 Å². The van der Waals surface area contributed by atoms with Gasteiger partial charge in [0.1, 0.15) is 21.8 Å². The average molecular weight is 570 g/mol. The smallest absolute Gasteiger partial charge is 0.744 e. The van der Waals surface area contributed by atoms with Gasteiger partial charge in [-0.05, 0) is 36.7 Å². The first-order valence-corrected chi connectivity index (χ1v) is 12.2. The number of anilines is 1. The summed E-state index contributed by atoms with van der Waals surface area (Å²) in [7, 11) is -4.82. The maximum Gasteiger partial charge on any atom is 1.00 e. The van der Waals surface area contributed by atoms with E-state index in [0.717, 1.165) is 28.3 Å². The number of aryl methyl sites for hydroxylation is 1. The fraction of sp³-hybridized carbons (Fsp3) is 0.278. The van der Waals surface area contributed by atoms with E-state index in [1.807, 2.05) is 26.8 Å². The monoisotopic (exact) mass is 569 g/mol. The summed E-state index contributed by atoms with van der Waals surface area (Å²) in [6, 6.07) is 5.34. The van der Waals surface area contributed by atoms with Gasteiger partial charge in [-0.25, -0.2) is 13.1 Å². The third kappa shape index (κ3) is 7.35. The summed E-state index contributed by atoms with van der Waals surface area (Å²) < 4.78 is 44.4. The largest absolute Gasteiger partial charge is 1.00 e. The first kappa shape index (κ1) is 33.1. The minimum atomic E-state index is -4.82. The second kappa shape index (κ2) is 13.2. The summed E-state index contributed by atoms with van der Waals surface area (Å²) in [5.74, 6) is -0.0428. The van der Waals surface area contributed by atoms with Crippen molar-refractivity contribution in [3.63, 3.8) is 0 Å². The summed E-state index contributed by atoms with van der Waals surface area (Å²) in [5, 5.41) is 36.1. The van der Waals surface area contributed by atoms with Gasteiger partial charge < -0.3 is 15.5 Å². The van der Waals surface area contributed by atoms with Crippen molar-refractivity contribution in [1.82, 2.24) is 14.2 Å². The fourth-order valence-electron chi connectivity index (χ4n) is 2.80. The number of azo groups is 1. The molecular weight excluding hydrogens is 552 g/mol. The van der Waals surface area contributed by atoms with Gasteiger partial charge in [0, 0.05) is 5.41 Å². The molecule has 1 aromatic carbocycles. The van der Waals surface area contributed by atoms with Gasteiger partial charge in [-0.2, -0.15) is 19.1 Å². The van der Waals surface area contributed by atoms with Gasteiger partial charge in [0.2, 0.25) is 0 Å². The van der Waals surface area contributed by atoms with Gasteiger partial charge >= 0.3 is 59.1 Å². The molecule has 3 rings (SSSR count). The molecule has 2 heterocycles. The fourth-order valence-corrected chi connectivity index (χ4v) is 4.42. The van der Waals surface area contributed by atoms with Crippen LogP contribution < -0.4 is 70.1 Å². The summed E-state index contributed by atoms with van der Waals surface area (Å²) in [6.45, 7) is 7.21. The van der Waals surface area contributed by atoms with Crippen molar-refractivity contribution < 1.29 is 86.7 Å². The van der Waals surface area contributed by atoms with Gasteiger partial charge in [0.15, 0.2) is 16.5 Å². The Labute approximate surface area is 259 Å². The van der Waals surface area contributed by atoms with Crippen LogP contribution in [0.2, 0.25) is 0 Å². The van der Waals surface area contributed by atoms with Crippen molar-refractivity contribution in [1.29, 1.82) is 5.26 Å². The molecule has 0 saturated heterocycles. The zero-order valence-corrected chi connectivity index (χ0v) is 26.6. The van der Waals surface area contributed by atoms with E-state index >= 15 is 0 Å². The van der Waals surface area contributed by atoms with Gasteiger partial charge in [-0.1, -0.05) is 20.8 Å². The molecule has 3 aromatic rings. The average Bonchev–Trinajstić information content (AvgIpc) is 3.28. The number of nitrogen functional groups attached to an aromatic ring is 1. The van der Waals surface area contributed by atoms with Gasteiger partial charge in [-0.15, -0.1) is 10.2 Å². The number of hydrogen-bond donors (Lipinski definition) is 1. The van der Waals surface area contributed by atoms with E-state index in [-0.39, 0.29) is 91.8 Å². The van der Waals surface area contributed by atoms with Crippen LogP contribution in [-0.2, 0) is 24.9 Å². The second-order valence-electron chi connectivity index (χ2n) is 7.81. The Balaban J connectivity index is 0.00000324. The normalized spacial score (nSPS) is 11.7. The minimum absolute atomic E-state index is 0. The zero-order valence-electron chi connectivity index (χ0n) is 20.2. The molecule has 18 heteroatoms. The topological polar surface area (TPSA) is 204 Å². The molecule has 0 fully saturated rings. The molecule has 2 aromatic heterocycles. The molecule has 180 valence electrons. The molecular formula is C18H17N7Na2O6S3. The Bertz CT molecular complexity index is 1410. The third-order valence-corrected chi connectivity index (χ3v) is 6.71. The predicted molar refractivity (Wildman–Crippen MR) is 118 cm³/mol. The maximum atomic E-state index is 11.6. The van der Waals surface area contributed by atoms with Gasteiger partial charge in [-0.3, -0.25) is 5.04 Å². The molecule has 0 radical (unpaired) electrons. The molecule has 0 unspecified atom stereocenters. The van der Waals surface area contributed by atoms with Crippen LogP contribution in [0.5, 0.6) is 0 Å². The number of nitriles is 1. The van der Waals surface area contributed by atoms with E-state index in [2.05, 4.69) is 29.1 Å².